The minimum atomic E-state index is 0.241. The molecule has 2 nitrogen and oxygen atoms in total. The molecule has 0 aromatic rings. The fourth-order valence-electron chi connectivity index (χ4n) is 2.81. The van der Waals surface area contributed by atoms with Crippen molar-refractivity contribution >= 4 is 0 Å². The molecular weight excluding hydrogens is 208 g/mol. The van der Waals surface area contributed by atoms with Crippen molar-refractivity contribution in [3.63, 3.8) is 0 Å². The van der Waals surface area contributed by atoms with E-state index >= 15 is 0 Å². The Kier molecular flexibility index (Phi) is 5.94. The summed E-state index contributed by atoms with van der Waals surface area (Å²) in [6.45, 7) is 13.9. The molecule has 1 aliphatic rings. The average molecular weight is 240 g/mol. The van der Waals surface area contributed by atoms with Crippen LogP contribution in [0, 0.1) is 0 Å². The van der Waals surface area contributed by atoms with Gasteiger partial charge in [0.2, 0.25) is 0 Å². The Hall–Kier alpha value is -0.0800. The molecule has 1 rings (SSSR count). The van der Waals surface area contributed by atoms with E-state index in [1.165, 1.54) is 38.6 Å². The molecule has 1 fully saturated rings. The second kappa shape index (κ2) is 6.75. The number of rotatable bonds is 5. The fraction of sp³-hybridized carbons (Fsp3) is 1.00. The highest BCUT2D eigenvalue weighted by Gasteiger charge is 2.26. The number of nitrogens with one attached hydrogen (secondary N) is 1. The SMILES string of the molecule is CCCC(CNC(C)(C)C)N1CCCCC1C. The first-order chi connectivity index (χ1) is 7.94. The summed E-state index contributed by atoms with van der Waals surface area (Å²) in [6, 6.07) is 1.51. The van der Waals surface area contributed by atoms with Crippen LogP contribution in [-0.2, 0) is 0 Å². The van der Waals surface area contributed by atoms with Crippen LogP contribution in [0.1, 0.15) is 66.7 Å². The molecule has 0 aromatic heterocycles. The summed E-state index contributed by atoms with van der Waals surface area (Å²) >= 11 is 0. The zero-order valence-corrected chi connectivity index (χ0v) is 12.6. The van der Waals surface area contributed by atoms with Crippen molar-refractivity contribution in [1.82, 2.24) is 10.2 Å². The minimum absolute atomic E-state index is 0.241. The van der Waals surface area contributed by atoms with E-state index in [-0.39, 0.29) is 5.54 Å². The Morgan fingerprint density at radius 2 is 2.00 bits per heavy atom. The van der Waals surface area contributed by atoms with Gasteiger partial charge < -0.3 is 5.32 Å². The van der Waals surface area contributed by atoms with Crippen molar-refractivity contribution in [3.05, 3.63) is 0 Å². The standard InChI is InChI=1S/C15H32N2/c1-6-9-14(12-16-15(3,4)5)17-11-8-7-10-13(17)2/h13-14,16H,6-12H2,1-5H3. The summed E-state index contributed by atoms with van der Waals surface area (Å²) < 4.78 is 0. The summed E-state index contributed by atoms with van der Waals surface area (Å²) in [5, 5.41) is 3.68. The normalized spacial score (nSPS) is 24.9. The Morgan fingerprint density at radius 3 is 2.53 bits per heavy atom. The van der Waals surface area contributed by atoms with Crippen LogP contribution in [0.4, 0.5) is 0 Å². The number of piperidine rings is 1. The van der Waals surface area contributed by atoms with Crippen LogP contribution in [-0.4, -0.2) is 35.6 Å². The Balaban J connectivity index is 2.51. The first-order valence-corrected chi connectivity index (χ1v) is 7.45. The molecule has 0 aliphatic carbocycles. The molecule has 102 valence electrons. The lowest BCUT2D eigenvalue weighted by Gasteiger charge is -2.41. The Morgan fingerprint density at radius 1 is 1.29 bits per heavy atom. The van der Waals surface area contributed by atoms with Crippen LogP contribution < -0.4 is 5.32 Å². The van der Waals surface area contributed by atoms with Crippen molar-refractivity contribution in [2.45, 2.75) is 84.3 Å². The van der Waals surface area contributed by atoms with Gasteiger partial charge in [-0.25, -0.2) is 0 Å². The van der Waals surface area contributed by atoms with Gasteiger partial charge in [-0.1, -0.05) is 19.8 Å². The van der Waals surface area contributed by atoms with Crippen molar-refractivity contribution in [3.8, 4) is 0 Å². The monoisotopic (exact) mass is 240 g/mol. The van der Waals surface area contributed by atoms with Crippen LogP contribution >= 0.6 is 0 Å². The molecule has 0 aromatic carbocycles. The number of hydrogen-bond donors (Lipinski definition) is 1. The van der Waals surface area contributed by atoms with Gasteiger partial charge in [0.15, 0.2) is 0 Å². The highest BCUT2D eigenvalue weighted by atomic mass is 15.2. The van der Waals surface area contributed by atoms with Gasteiger partial charge in [0.25, 0.3) is 0 Å². The first kappa shape index (κ1) is 15.0. The van der Waals surface area contributed by atoms with Crippen molar-refractivity contribution in [2.75, 3.05) is 13.1 Å². The molecule has 0 spiro atoms. The highest BCUT2D eigenvalue weighted by Crippen LogP contribution is 2.21. The van der Waals surface area contributed by atoms with Crippen LogP contribution in [0.2, 0.25) is 0 Å². The maximum Gasteiger partial charge on any atom is 0.0223 e. The lowest BCUT2D eigenvalue weighted by atomic mass is 9.98. The second-order valence-corrected chi connectivity index (χ2v) is 6.66. The van der Waals surface area contributed by atoms with E-state index < -0.39 is 0 Å². The molecule has 0 saturated carbocycles. The zero-order valence-electron chi connectivity index (χ0n) is 12.6. The van der Waals surface area contributed by atoms with Gasteiger partial charge in [0, 0.05) is 24.2 Å². The number of hydrogen-bond acceptors (Lipinski definition) is 2. The molecule has 2 atom stereocenters. The Bertz CT molecular complexity index is 207. The van der Waals surface area contributed by atoms with Gasteiger partial charge in [-0.3, -0.25) is 4.90 Å². The largest absolute Gasteiger partial charge is 0.311 e. The third kappa shape index (κ3) is 5.39. The van der Waals surface area contributed by atoms with E-state index in [1.807, 2.05) is 0 Å². The Labute approximate surface area is 108 Å². The molecule has 17 heavy (non-hydrogen) atoms. The maximum absolute atomic E-state index is 3.68. The minimum Gasteiger partial charge on any atom is -0.311 e. The average Bonchev–Trinajstić information content (AvgIpc) is 2.24. The lowest BCUT2D eigenvalue weighted by molar-refractivity contribution is 0.0938. The predicted molar refractivity (Wildman–Crippen MR) is 76.5 cm³/mol. The predicted octanol–water partition coefficient (Wildman–Crippen LogP) is 3.42. The van der Waals surface area contributed by atoms with Gasteiger partial charge >= 0.3 is 0 Å². The molecule has 0 radical (unpaired) electrons. The molecule has 1 aliphatic heterocycles. The summed E-state index contributed by atoms with van der Waals surface area (Å²) in [4.78, 5) is 2.74. The van der Waals surface area contributed by atoms with Gasteiger partial charge in [-0.05, 0) is 53.5 Å². The van der Waals surface area contributed by atoms with Gasteiger partial charge in [-0.15, -0.1) is 0 Å². The van der Waals surface area contributed by atoms with E-state index in [4.69, 9.17) is 0 Å². The zero-order chi connectivity index (χ0) is 12.9. The molecule has 1 N–H and O–H groups in total. The van der Waals surface area contributed by atoms with Crippen molar-refractivity contribution in [1.29, 1.82) is 0 Å². The second-order valence-electron chi connectivity index (χ2n) is 6.66. The van der Waals surface area contributed by atoms with Crippen LogP contribution in [0.15, 0.2) is 0 Å². The molecule has 0 amide bonds. The summed E-state index contributed by atoms with van der Waals surface area (Å²) in [7, 11) is 0. The van der Waals surface area contributed by atoms with Crippen molar-refractivity contribution in [2.24, 2.45) is 0 Å². The summed E-state index contributed by atoms with van der Waals surface area (Å²) in [6.07, 6.45) is 6.81. The lowest BCUT2D eigenvalue weighted by Crippen LogP contribution is -2.51. The van der Waals surface area contributed by atoms with Crippen LogP contribution in [0.5, 0.6) is 0 Å². The number of nitrogens with zero attached hydrogens (tertiary/aromatic N) is 1. The topological polar surface area (TPSA) is 15.3 Å². The fourth-order valence-corrected chi connectivity index (χ4v) is 2.81. The van der Waals surface area contributed by atoms with Gasteiger partial charge in [0.05, 0.1) is 0 Å². The van der Waals surface area contributed by atoms with E-state index in [2.05, 4.69) is 44.8 Å². The quantitative estimate of drug-likeness (QED) is 0.792. The van der Waals surface area contributed by atoms with E-state index in [0.29, 0.717) is 0 Å². The van der Waals surface area contributed by atoms with Crippen molar-refractivity contribution < 1.29 is 0 Å². The molecule has 2 heteroatoms. The van der Waals surface area contributed by atoms with Gasteiger partial charge in [0.1, 0.15) is 0 Å². The summed E-state index contributed by atoms with van der Waals surface area (Å²) in [5.74, 6) is 0. The van der Waals surface area contributed by atoms with Crippen LogP contribution in [0.25, 0.3) is 0 Å². The smallest absolute Gasteiger partial charge is 0.0223 e. The third-order valence-corrected chi connectivity index (χ3v) is 3.81. The van der Waals surface area contributed by atoms with Gasteiger partial charge in [-0.2, -0.15) is 0 Å². The third-order valence-electron chi connectivity index (χ3n) is 3.81. The molecule has 1 saturated heterocycles. The molecule has 0 bridgehead atoms. The van der Waals surface area contributed by atoms with Crippen LogP contribution in [0.3, 0.4) is 0 Å². The summed E-state index contributed by atoms with van der Waals surface area (Å²) in [5.41, 5.74) is 0.241. The molecular formula is C15H32N2. The first-order valence-electron chi connectivity index (χ1n) is 7.45. The van der Waals surface area contributed by atoms with E-state index in [0.717, 1.165) is 18.6 Å². The number of likely N-dealkylation sites (tertiary alicyclic amines) is 1. The highest BCUT2D eigenvalue weighted by molar-refractivity contribution is 4.84. The maximum atomic E-state index is 3.68. The molecule has 2 unspecified atom stereocenters. The van der Waals surface area contributed by atoms with E-state index in [9.17, 15) is 0 Å². The molecule has 1 heterocycles. The van der Waals surface area contributed by atoms with E-state index in [1.54, 1.807) is 0 Å².